The smallest absolute Gasteiger partial charge is 0.160 e. The minimum Gasteiger partial charge on any atom is -0.497 e. The van der Waals surface area contributed by atoms with Gasteiger partial charge in [0.2, 0.25) is 0 Å². The highest BCUT2D eigenvalue weighted by Gasteiger charge is 2.16. The molecule has 3 aromatic rings. The number of aromatic nitrogens is 3. The molecule has 6 heteroatoms. The van der Waals surface area contributed by atoms with Crippen molar-refractivity contribution in [2.75, 3.05) is 7.11 Å². The largest absolute Gasteiger partial charge is 0.497 e. The molecule has 110 valence electrons. The highest BCUT2D eigenvalue weighted by molar-refractivity contribution is 7.10. The molecular weight excluding hydrogens is 284 g/mol. The third-order valence-electron chi connectivity index (χ3n) is 3.41. The third kappa shape index (κ3) is 2.41. The van der Waals surface area contributed by atoms with E-state index in [-0.39, 0.29) is 6.04 Å². The molecule has 0 bridgehead atoms. The zero-order valence-corrected chi connectivity index (χ0v) is 13.1. The van der Waals surface area contributed by atoms with E-state index in [1.807, 2.05) is 30.5 Å². The summed E-state index contributed by atoms with van der Waals surface area (Å²) in [6, 6.07) is 5.88. The molecule has 0 amide bonds. The van der Waals surface area contributed by atoms with Crippen LogP contribution in [0.3, 0.4) is 0 Å². The molecule has 1 atom stereocenters. The Morgan fingerprint density at radius 1 is 1.38 bits per heavy atom. The van der Waals surface area contributed by atoms with Crippen LogP contribution >= 0.6 is 11.3 Å². The van der Waals surface area contributed by atoms with Gasteiger partial charge in [-0.2, -0.15) is 0 Å². The maximum absolute atomic E-state index is 5.89. The van der Waals surface area contributed by atoms with Crippen molar-refractivity contribution in [1.82, 2.24) is 14.5 Å². The van der Waals surface area contributed by atoms with Crippen LogP contribution in [0.1, 0.15) is 24.9 Å². The molecule has 0 aliphatic rings. The molecule has 1 unspecified atom stereocenters. The number of imidazole rings is 1. The van der Waals surface area contributed by atoms with Gasteiger partial charge in [-0.05, 0) is 26.0 Å². The fourth-order valence-electron chi connectivity index (χ4n) is 2.35. The summed E-state index contributed by atoms with van der Waals surface area (Å²) in [5, 5.41) is 2.95. The number of rotatable bonds is 4. The minimum absolute atomic E-state index is 0.0525. The first kappa shape index (κ1) is 14.0. The van der Waals surface area contributed by atoms with Crippen LogP contribution in [0.2, 0.25) is 0 Å². The van der Waals surface area contributed by atoms with Gasteiger partial charge in [0.1, 0.15) is 16.5 Å². The van der Waals surface area contributed by atoms with Crippen molar-refractivity contribution < 1.29 is 4.74 Å². The highest BCUT2D eigenvalue weighted by Crippen LogP contribution is 2.29. The van der Waals surface area contributed by atoms with Gasteiger partial charge in [-0.1, -0.05) is 0 Å². The van der Waals surface area contributed by atoms with E-state index in [2.05, 4.69) is 16.5 Å². The van der Waals surface area contributed by atoms with Crippen LogP contribution in [0.5, 0.6) is 5.75 Å². The maximum Gasteiger partial charge on any atom is 0.160 e. The Morgan fingerprint density at radius 2 is 2.19 bits per heavy atom. The molecule has 2 heterocycles. The lowest BCUT2D eigenvalue weighted by molar-refractivity contribution is 0.415. The summed E-state index contributed by atoms with van der Waals surface area (Å²) in [5.74, 6) is 1.69. The van der Waals surface area contributed by atoms with Crippen LogP contribution in [0.25, 0.3) is 22.6 Å². The molecule has 5 nitrogen and oxygen atoms in total. The van der Waals surface area contributed by atoms with E-state index in [1.54, 1.807) is 18.4 Å². The monoisotopic (exact) mass is 302 g/mol. The predicted octanol–water partition coefficient (Wildman–Crippen LogP) is 3.21. The minimum atomic E-state index is -0.0525. The molecule has 0 saturated heterocycles. The van der Waals surface area contributed by atoms with Crippen LogP contribution in [0, 0.1) is 0 Å². The van der Waals surface area contributed by atoms with E-state index in [9.17, 15) is 0 Å². The van der Waals surface area contributed by atoms with Gasteiger partial charge in [0.15, 0.2) is 5.82 Å². The summed E-state index contributed by atoms with van der Waals surface area (Å²) in [5.41, 5.74) is 8.78. The predicted molar refractivity (Wildman–Crippen MR) is 85.7 cm³/mol. The summed E-state index contributed by atoms with van der Waals surface area (Å²) in [4.78, 5) is 9.33. The lowest BCUT2D eigenvalue weighted by atomic mass is 10.3. The first-order valence-electron chi connectivity index (χ1n) is 6.89. The molecule has 0 radical (unpaired) electrons. The number of ether oxygens (including phenoxy) is 1. The Kier molecular flexibility index (Phi) is 3.65. The third-order valence-corrected chi connectivity index (χ3v) is 4.46. The maximum atomic E-state index is 5.89. The highest BCUT2D eigenvalue weighted by atomic mass is 32.1. The molecule has 0 spiro atoms. The Labute approximate surface area is 127 Å². The zero-order valence-electron chi connectivity index (χ0n) is 12.3. The summed E-state index contributed by atoms with van der Waals surface area (Å²) in [7, 11) is 1.66. The average Bonchev–Trinajstić information content (AvgIpc) is 3.10. The molecule has 21 heavy (non-hydrogen) atoms. The molecule has 2 aromatic heterocycles. The number of thiazole rings is 1. The fourth-order valence-corrected chi connectivity index (χ4v) is 3.11. The number of hydrogen-bond acceptors (Lipinski definition) is 5. The summed E-state index contributed by atoms with van der Waals surface area (Å²) < 4.78 is 7.43. The van der Waals surface area contributed by atoms with Gasteiger partial charge in [0.05, 0.1) is 24.2 Å². The van der Waals surface area contributed by atoms with Crippen molar-refractivity contribution in [2.45, 2.75) is 26.4 Å². The van der Waals surface area contributed by atoms with Gasteiger partial charge >= 0.3 is 0 Å². The van der Waals surface area contributed by atoms with Gasteiger partial charge in [-0.15, -0.1) is 11.3 Å². The van der Waals surface area contributed by atoms with Gasteiger partial charge in [0, 0.05) is 18.0 Å². The molecule has 0 aliphatic heterocycles. The molecule has 3 rings (SSSR count). The first-order valence-corrected chi connectivity index (χ1v) is 7.77. The quantitative estimate of drug-likeness (QED) is 0.803. The average molecular weight is 302 g/mol. The topological polar surface area (TPSA) is 66.0 Å². The summed E-state index contributed by atoms with van der Waals surface area (Å²) in [6.45, 7) is 4.88. The van der Waals surface area contributed by atoms with Crippen molar-refractivity contribution in [2.24, 2.45) is 5.73 Å². The lowest BCUT2D eigenvalue weighted by Gasteiger charge is -2.04. The molecule has 0 fully saturated rings. The molecular formula is C15H18N4OS. The Morgan fingerprint density at radius 3 is 2.81 bits per heavy atom. The lowest BCUT2D eigenvalue weighted by Crippen LogP contribution is -2.04. The number of methoxy groups -OCH3 is 1. The SMILES string of the molecule is CCn1c(-c2csc(C(C)N)n2)nc2cc(OC)ccc21. The second-order valence-electron chi connectivity index (χ2n) is 4.89. The first-order chi connectivity index (χ1) is 10.1. The van der Waals surface area contributed by atoms with Crippen molar-refractivity contribution in [1.29, 1.82) is 0 Å². The Hall–Kier alpha value is -1.92. The molecule has 1 aromatic carbocycles. The fraction of sp³-hybridized carbons (Fsp3) is 0.333. The van der Waals surface area contributed by atoms with E-state index in [4.69, 9.17) is 15.5 Å². The van der Waals surface area contributed by atoms with Gasteiger partial charge < -0.3 is 15.0 Å². The van der Waals surface area contributed by atoms with Crippen LogP contribution in [0.15, 0.2) is 23.6 Å². The van der Waals surface area contributed by atoms with Gasteiger partial charge in [0.25, 0.3) is 0 Å². The number of benzene rings is 1. The standard InChI is InChI=1S/C15H18N4OS/c1-4-19-13-6-5-10(20-3)7-11(13)17-14(19)12-8-21-15(18-12)9(2)16/h5-9H,4,16H2,1-3H3. The van der Waals surface area contributed by atoms with Crippen LogP contribution in [-0.2, 0) is 6.54 Å². The number of fused-ring (bicyclic) bond motifs is 1. The van der Waals surface area contributed by atoms with Crippen LogP contribution in [0.4, 0.5) is 0 Å². The van der Waals surface area contributed by atoms with E-state index >= 15 is 0 Å². The normalized spacial score (nSPS) is 12.8. The summed E-state index contributed by atoms with van der Waals surface area (Å²) in [6.07, 6.45) is 0. The molecule has 0 aliphatic carbocycles. The van der Waals surface area contributed by atoms with Crippen molar-refractivity contribution in [3.63, 3.8) is 0 Å². The van der Waals surface area contributed by atoms with Crippen LogP contribution < -0.4 is 10.5 Å². The Balaban J connectivity index is 2.16. The van der Waals surface area contributed by atoms with Gasteiger partial charge in [-0.25, -0.2) is 9.97 Å². The Bertz CT molecular complexity index is 775. The van der Waals surface area contributed by atoms with Crippen molar-refractivity contribution in [3.05, 3.63) is 28.6 Å². The zero-order chi connectivity index (χ0) is 15.0. The second-order valence-corrected chi connectivity index (χ2v) is 5.78. The van der Waals surface area contributed by atoms with E-state index in [1.165, 1.54) is 0 Å². The second kappa shape index (κ2) is 5.46. The van der Waals surface area contributed by atoms with Crippen molar-refractivity contribution in [3.8, 4) is 17.3 Å². The van der Waals surface area contributed by atoms with E-state index in [0.717, 1.165) is 39.9 Å². The summed E-state index contributed by atoms with van der Waals surface area (Å²) >= 11 is 1.58. The van der Waals surface area contributed by atoms with Crippen LogP contribution in [-0.4, -0.2) is 21.6 Å². The van der Waals surface area contributed by atoms with Crippen molar-refractivity contribution >= 4 is 22.4 Å². The number of hydrogen-bond donors (Lipinski definition) is 1. The molecule has 0 saturated carbocycles. The van der Waals surface area contributed by atoms with E-state index in [0.29, 0.717) is 0 Å². The number of nitrogens with two attached hydrogens (primary N) is 1. The number of aryl methyl sites for hydroxylation is 1. The number of nitrogens with zero attached hydrogens (tertiary/aromatic N) is 3. The van der Waals surface area contributed by atoms with E-state index < -0.39 is 0 Å². The molecule has 2 N–H and O–H groups in total. The van der Waals surface area contributed by atoms with Gasteiger partial charge in [-0.3, -0.25) is 0 Å².